The highest BCUT2D eigenvalue weighted by Gasteiger charge is 2.09. The second-order valence-corrected chi connectivity index (χ2v) is 5.12. The maximum atomic E-state index is 13.4. The van der Waals surface area contributed by atoms with E-state index in [2.05, 4.69) is 5.32 Å². The van der Waals surface area contributed by atoms with Crippen molar-refractivity contribution in [1.82, 2.24) is 0 Å². The van der Waals surface area contributed by atoms with Crippen molar-refractivity contribution in [2.45, 2.75) is 4.90 Å². The van der Waals surface area contributed by atoms with Gasteiger partial charge in [0.15, 0.2) is 0 Å². The molecule has 0 fully saturated rings. The summed E-state index contributed by atoms with van der Waals surface area (Å²) in [6, 6.07) is 12.1. The molecule has 0 aliphatic heterocycles. The number of amides is 1. The third-order valence-corrected chi connectivity index (χ3v) is 3.69. The van der Waals surface area contributed by atoms with Crippen LogP contribution < -0.4 is 10.4 Å². The van der Waals surface area contributed by atoms with Gasteiger partial charge in [-0.25, -0.2) is 4.39 Å². The highest BCUT2D eigenvalue weighted by molar-refractivity contribution is 8.00. The van der Waals surface area contributed by atoms with Gasteiger partial charge in [0.1, 0.15) is 5.82 Å². The number of carbonyl (C=O) groups is 2. The van der Waals surface area contributed by atoms with E-state index >= 15 is 0 Å². The molecule has 4 nitrogen and oxygen atoms in total. The minimum Gasteiger partial charge on any atom is -0.545 e. The van der Waals surface area contributed by atoms with Crippen molar-refractivity contribution in [2.75, 3.05) is 11.1 Å². The van der Waals surface area contributed by atoms with Crippen LogP contribution in [0.15, 0.2) is 53.4 Å². The Bertz CT molecular complexity index is 675. The Hall–Kier alpha value is -2.34. The molecule has 0 saturated carbocycles. The summed E-state index contributed by atoms with van der Waals surface area (Å²) < 4.78 is 13.4. The van der Waals surface area contributed by atoms with E-state index in [1.54, 1.807) is 24.3 Å². The predicted octanol–water partition coefficient (Wildman–Crippen LogP) is 1.92. The molecule has 6 heteroatoms. The van der Waals surface area contributed by atoms with Gasteiger partial charge in [-0.05, 0) is 18.2 Å². The predicted molar refractivity (Wildman–Crippen MR) is 76.5 cm³/mol. The molecule has 21 heavy (non-hydrogen) atoms. The Kier molecular flexibility index (Phi) is 4.94. The van der Waals surface area contributed by atoms with Crippen molar-refractivity contribution >= 4 is 29.3 Å². The molecule has 0 heterocycles. The van der Waals surface area contributed by atoms with Crippen molar-refractivity contribution in [2.24, 2.45) is 0 Å². The lowest BCUT2D eigenvalue weighted by Crippen LogP contribution is -2.23. The number of hydrogen-bond acceptors (Lipinski definition) is 4. The number of para-hydroxylation sites is 1. The number of hydrogen-bond donors (Lipinski definition) is 1. The van der Waals surface area contributed by atoms with Gasteiger partial charge in [0.05, 0.1) is 17.4 Å². The minimum absolute atomic E-state index is 0.0289. The van der Waals surface area contributed by atoms with Crippen molar-refractivity contribution in [3.8, 4) is 0 Å². The first-order valence-corrected chi connectivity index (χ1v) is 7.04. The third-order valence-electron chi connectivity index (χ3n) is 2.61. The Labute approximate surface area is 125 Å². The lowest BCUT2D eigenvalue weighted by molar-refractivity contribution is -0.255. The first-order chi connectivity index (χ1) is 10.1. The lowest BCUT2D eigenvalue weighted by atomic mass is 10.2. The average Bonchev–Trinajstić information content (AvgIpc) is 2.48. The molecule has 0 aliphatic rings. The summed E-state index contributed by atoms with van der Waals surface area (Å²) in [6.07, 6.45) is 0. The number of thioether (sulfide) groups is 1. The molecule has 1 amide bonds. The van der Waals surface area contributed by atoms with E-state index in [0.717, 1.165) is 11.8 Å². The van der Waals surface area contributed by atoms with Gasteiger partial charge in [-0.3, -0.25) is 4.79 Å². The number of carbonyl (C=O) groups excluding carboxylic acids is 2. The molecule has 2 aromatic rings. The maximum absolute atomic E-state index is 13.4. The fourth-order valence-electron chi connectivity index (χ4n) is 1.65. The smallest absolute Gasteiger partial charge is 0.234 e. The van der Waals surface area contributed by atoms with E-state index < -0.39 is 17.7 Å². The van der Waals surface area contributed by atoms with Crippen LogP contribution in [-0.2, 0) is 4.79 Å². The number of anilines is 1. The van der Waals surface area contributed by atoms with Crippen LogP contribution in [-0.4, -0.2) is 17.6 Å². The van der Waals surface area contributed by atoms with Crippen molar-refractivity contribution in [3.05, 3.63) is 59.9 Å². The summed E-state index contributed by atoms with van der Waals surface area (Å²) in [4.78, 5) is 23.1. The molecule has 0 bridgehead atoms. The number of aromatic carboxylic acids is 1. The van der Waals surface area contributed by atoms with Crippen molar-refractivity contribution in [1.29, 1.82) is 0 Å². The first-order valence-electron chi connectivity index (χ1n) is 6.05. The zero-order chi connectivity index (χ0) is 15.2. The number of halogens is 1. The topological polar surface area (TPSA) is 69.2 Å². The standard InChI is InChI=1S/C15H12FNO3S/c16-11-6-2-3-7-12(11)17-14(18)9-21-13-8-4-1-5-10(13)15(19)20/h1-8H,9H2,(H,17,18)(H,19,20)/p-1. The molecule has 0 unspecified atom stereocenters. The van der Waals surface area contributed by atoms with E-state index in [0.29, 0.717) is 4.90 Å². The SMILES string of the molecule is O=C(CSc1ccccc1C(=O)[O-])Nc1ccccc1F. The van der Waals surface area contributed by atoms with E-state index in [1.807, 2.05) is 0 Å². The first kappa shape index (κ1) is 15.1. The number of rotatable bonds is 5. The van der Waals surface area contributed by atoms with E-state index in [4.69, 9.17) is 0 Å². The normalized spacial score (nSPS) is 10.1. The van der Waals surface area contributed by atoms with Crippen LogP contribution >= 0.6 is 11.8 Å². The van der Waals surface area contributed by atoms with Gasteiger partial charge >= 0.3 is 0 Å². The molecule has 0 spiro atoms. The Morgan fingerprint density at radius 2 is 1.76 bits per heavy atom. The quantitative estimate of drug-likeness (QED) is 0.857. The van der Waals surface area contributed by atoms with Crippen LogP contribution in [0.1, 0.15) is 10.4 Å². The van der Waals surface area contributed by atoms with Gasteiger partial charge < -0.3 is 15.2 Å². The molecular weight excluding hydrogens is 293 g/mol. The fourth-order valence-corrected chi connectivity index (χ4v) is 2.49. The van der Waals surface area contributed by atoms with Crippen molar-refractivity contribution in [3.63, 3.8) is 0 Å². The number of carboxylic acids is 1. The molecule has 0 radical (unpaired) electrons. The van der Waals surface area contributed by atoms with Crippen molar-refractivity contribution < 1.29 is 19.1 Å². The molecule has 0 atom stereocenters. The molecule has 108 valence electrons. The summed E-state index contributed by atoms with van der Waals surface area (Å²) in [5, 5.41) is 13.4. The molecule has 0 aromatic heterocycles. The fraction of sp³-hybridized carbons (Fsp3) is 0.0667. The third kappa shape index (κ3) is 4.06. The zero-order valence-corrected chi connectivity index (χ0v) is 11.7. The Balaban J connectivity index is 1.99. The molecule has 2 aromatic carbocycles. The molecule has 0 aliphatic carbocycles. The number of nitrogens with one attached hydrogen (secondary N) is 1. The molecule has 1 N–H and O–H groups in total. The van der Waals surface area contributed by atoms with Crippen LogP contribution in [0.3, 0.4) is 0 Å². The zero-order valence-electron chi connectivity index (χ0n) is 10.8. The highest BCUT2D eigenvalue weighted by Crippen LogP contribution is 2.22. The second kappa shape index (κ2) is 6.90. The van der Waals surface area contributed by atoms with Crippen LogP contribution in [0, 0.1) is 5.82 Å². The Morgan fingerprint density at radius 1 is 1.10 bits per heavy atom. The highest BCUT2D eigenvalue weighted by atomic mass is 32.2. The van der Waals surface area contributed by atoms with Crippen LogP contribution in [0.2, 0.25) is 0 Å². The van der Waals surface area contributed by atoms with Crippen LogP contribution in [0.25, 0.3) is 0 Å². The number of benzene rings is 2. The average molecular weight is 304 g/mol. The van der Waals surface area contributed by atoms with Crippen LogP contribution in [0.4, 0.5) is 10.1 Å². The van der Waals surface area contributed by atoms with Crippen LogP contribution in [0.5, 0.6) is 0 Å². The van der Waals surface area contributed by atoms with Gasteiger partial charge in [0.2, 0.25) is 5.91 Å². The molecule has 0 saturated heterocycles. The van der Waals surface area contributed by atoms with E-state index in [-0.39, 0.29) is 17.0 Å². The van der Waals surface area contributed by atoms with Gasteiger partial charge in [-0.15, -0.1) is 11.8 Å². The summed E-state index contributed by atoms with van der Waals surface area (Å²) in [5.74, 6) is -2.27. The van der Waals surface area contributed by atoms with Gasteiger partial charge in [-0.2, -0.15) is 0 Å². The van der Waals surface area contributed by atoms with Gasteiger partial charge in [0.25, 0.3) is 0 Å². The largest absolute Gasteiger partial charge is 0.545 e. The van der Waals surface area contributed by atoms with E-state index in [1.165, 1.54) is 24.3 Å². The lowest BCUT2D eigenvalue weighted by Gasteiger charge is -2.10. The summed E-state index contributed by atoms with van der Waals surface area (Å²) in [6.45, 7) is 0. The number of carboxylic acid groups (broad SMARTS) is 1. The summed E-state index contributed by atoms with van der Waals surface area (Å²) in [5.41, 5.74) is 0.123. The van der Waals surface area contributed by atoms with Gasteiger partial charge in [-0.1, -0.05) is 30.3 Å². The van der Waals surface area contributed by atoms with Gasteiger partial charge in [0, 0.05) is 10.5 Å². The monoisotopic (exact) mass is 304 g/mol. The maximum Gasteiger partial charge on any atom is 0.234 e. The second-order valence-electron chi connectivity index (χ2n) is 4.10. The molecule has 2 rings (SSSR count). The Morgan fingerprint density at radius 3 is 2.48 bits per heavy atom. The minimum atomic E-state index is -1.30. The van der Waals surface area contributed by atoms with E-state index in [9.17, 15) is 19.1 Å². The summed E-state index contributed by atoms with van der Waals surface area (Å²) in [7, 11) is 0. The summed E-state index contributed by atoms with van der Waals surface area (Å²) >= 11 is 1.05. The molecular formula is C15H11FNO3S-.